The van der Waals surface area contributed by atoms with Gasteiger partial charge >= 0.3 is 0 Å². The molecule has 20 heavy (non-hydrogen) atoms. The smallest absolute Gasteiger partial charge is 0.133 e. The number of rotatable bonds is 2. The highest BCUT2D eigenvalue weighted by atomic mass is 79.9. The van der Waals surface area contributed by atoms with Crippen LogP contribution in [0.1, 0.15) is 21.5 Å². The maximum atomic E-state index is 13.8. The monoisotopic (exact) mass is 340 g/mol. The molecule has 0 bridgehead atoms. The van der Waals surface area contributed by atoms with Crippen molar-refractivity contribution in [1.29, 1.82) is 0 Å². The number of halogens is 4. The molecular weight excluding hydrogens is 329 g/mol. The molecule has 0 amide bonds. The maximum absolute atomic E-state index is 13.8. The molecule has 2 aromatic carbocycles. The van der Waals surface area contributed by atoms with Crippen molar-refractivity contribution in [2.24, 2.45) is 5.92 Å². The molecular formula is C16H12BrF3. The van der Waals surface area contributed by atoms with E-state index in [-0.39, 0.29) is 11.5 Å². The van der Waals surface area contributed by atoms with Crippen LogP contribution in [0.2, 0.25) is 0 Å². The molecule has 2 aromatic rings. The van der Waals surface area contributed by atoms with E-state index in [1.165, 1.54) is 11.1 Å². The van der Waals surface area contributed by atoms with Gasteiger partial charge in [0, 0.05) is 22.5 Å². The zero-order valence-electron chi connectivity index (χ0n) is 10.5. The Hall–Kier alpha value is -1.29. The Morgan fingerprint density at radius 2 is 1.45 bits per heavy atom. The van der Waals surface area contributed by atoms with Crippen LogP contribution in [-0.4, -0.2) is 0 Å². The largest absolute Gasteiger partial charge is 0.207 e. The SMILES string of the molecule is Fc1cc(F)c(C(Br)C2Cc3ccccc3C2)c(F)c1. The zero-order chi connectivity index (χ0) is 14.3. The highest BCUT2D eigenvalue weighted by Gasteiger charge is 2.31. The lowest BCUT2D eigenvalue weighted by Crippen LogP contribution is -2.11. The van der Waals surface area contributed by atoms with Gasteiger partial charge in [-0.2, -0.15) is 0 Å². The van der Waals surface area contributed by atoms with Gasteiger partial charge in [-0.15, -0.1) is 0 Å². The Morgan fingerprint density at radius 3 is 1.95 bits per heavy atom. The van der Waals surface area contributed by atoms with Crippen molar-refractivity contribution in [2.75, 3.05) is 0 Å². The molecule has 1 atom stereocenters. The number of hydrogen-bond donors (Lipinski definition) is 0. The van der Waals surface area contributed by atoms with Gasteiger partial charge in [-0.3, -0.25) is 0 Å². The molecule has 104 valence electrons. The van der Waals surface area contributed by atoms with Crippen molar-refractivity contribution in [3.05, 3.63) is 70.5 Å². The van der Waals surface area contributed by atoms with Crippen molar-refractivity contribution >= 4 is 15.9 Å². The van der Waals surface area contributed by atoms with E-state index in [9.17, 15) is 13.2 Å². The minimum absolute atomic E-state index is 0.0712. The summed E-state index contributed by atoms with van der Waals surface area (Å²) in [7, 11) is 0. The number of benzene rings is 2. The van der Waals surface area contributed by atoms with E-state index >= 15 is 0 Å². The number of alkyl halides is 1. The van der Waals surface area contributed by atoms with Crippen molar-refractivity contribution in [2.45, 2.75) is 17.7 Å². The van der Waals surface area contributed by atoms with Crippen LogP contribution in [0.4, 0.5) is 13.2 Å². The normalized spacial score (nSPS) is 16.2. The fourth-order valence-corrected chi connectivity index (χ4v) is 3.66. The summed E-state index contributed by atoms with van der Waals surface area (Å²) in [4.78, 5) is -0.463. The van der Waals surface area contributed by atoms with Crippen LogP contribution in [0.25, 0.3) is 0 Å². The van der Waals surface area contributed by atoms with Crippen molar-refractivity contribution in [3.63, 3.8) is 0 Å². The Labute approximate surface area is 123 Å². The topological polar surface area (TPSA) is 0 Å². The van der Waals surface area contributed by atoms with Crippen LogP contribution in [-0.2, 0) is 12.8 Å². The molecule has 0 aliphatic heterocycles. The lowest BCUT2D eigenvalue weighted by atomic mass is 9.95. The lowest BCUT2D eigenvalue weighted by Gasteiger charge is -2.19. The first-order valence-electron chi connectivity index (χ1n) is 6.41. The van der Waals surface area contributed by atoms with Gasteiger partial charge in [-0.1, -0.05) is 40.2 Å². The van der Waals surface area contributed by atoms with Gasteiger partial charge < -0.3 is 0 Å². The standard InChI is InChI=1S/C16H12BrF3/c17-16(15-13(19)7-12(18)8-14(15)20)11-5-9-3-1-2-4-10(9)6-11/h1-4,7-8,11,16H,5-6H2. The summed E-state index contributed by atoms with van der Waals surface area (Å²) in [5, 5.41) is 0. The van der Waals surface area contributed by atoms with Gasteiger partial charge in [-0.05, 0) is 29.9 Å². The van der Waals surface area contributed by atoms with Crippen LogP contribution < -0.4 is 0 Å². The number of fused-ring (bicyclic) bond motifs is 1. The highest BCUT2D eigenvalue weighted by Crippen LogP contribution is 2.42. The Kier molecular flexibility index (Phi) is 3.59. The second-order valence-corrected chi connectivity index (χ2v) is 6.11. The van der Waals surface area contributed by atoms with E-state index in [2.05, 4.69) is 15.9 Å². The lowest BCUT2D eigenvalue weighted by molar-refractivity contribution is 0.481. The van der Waals surface area contributed by atoms with Crippen LogP contribution in [0.3, 0.4) is 0 Å². The molecule has 1 unspecified atom stereocenters. The molecule has 3 rings (SSSR count). The van der Waals surface area contributed by atoms with Crippen LogP contribution in [0.5, 0.6) is 0 Å². The predicted octanol–water partition coefficient (Wildman–Crippen LogP) is 4.95. The summed E-state index contributed by atoms with van der Waals surface area (Å²) >= 11 is 3.40. The van der Waals surface area contributed by atoms with Gasteiger partial charge in [0.1, 0.15) is 17.5 Å². The fraction of sp³-hybridized carbons (Fsp3) is 0.250. The Morgan fingerprint density at radius 1 is 0.950 bits per heavy atom. The Balaban J connectivity index is 1.90. The van der Waals surface area contributed by atoms with Gasteiger partial charge in [0.05, 0.1) is 0 Å². The van der Waals surface area contributed by atoms with Crippen molar-refractivity contribution in [1.82, 2.24) is 0 Å². The molecule has 1 aliphatic carbocycles. The van der Waals surface area contributed by atoms with Gasteiger partial charge in [0.15, 0.2) is 0 Å². The summed E-state index contributed by atoms with van der Waals surface area (Å²) in [6.45, 7) is 0. The molecule has 0 spiro atoms. The predicted molar refractivity (Wildman–Crippen MR) is 75.3 cm³/mol. The third kappa shape index (κ3) is 2.37. The van der Waals surface area contributed by atoms with Gasteiger partial charge in [-0.25, -0.2) is 13.2 Å². The summed E-state index contributed by atoms with van der Waals surface area (Å²) in [5.41, 5.74) is 2.35. The minimum Gasteiger partial charge on any atom is -0.207 e. The second-order valence-electron chi connectivity index (χ2n) is 5.12. The molecule has 0 aromatic heterocycles. The molecule has 0 fully saturated rings. The van der Waals surface area contributed by atoms with Gasteiger partial charge in [0.2, 0.25) is 0 Å². The molecule has 0 saturated carbocycles. The zero-order valence-corrected chi connectivity index (χ0v) is 12.1. The second kappa shape index (κ2) is 5.24. The molecule has 0 heterocycles. The third-order valence-electron chi connectivity index (χ3n) is 3.82. The molecule has 0 radical (unpaired) electrons. The summed E-state index contributed by atoms with van der Waals surface area (Å²) in [6.07, 6.45) is 1.53. The highest BCUT2D eigenvalue weighted by molar-refractivity contribution is 9.09. The maximum Gasteiger partial charge on any atom is 0.133 e. The van der Waals surface area contributed by atoms with Crippen molar-refractivity contribution in [3.8, 4) is 0 Å². The van der Waals surface area contributed by atoms with E-state index in [0.29, 0.717) is 0 Å². The van der Waals surface area contributed by atoms with Crippen LogP contribution >= 0.6 is 15.9 Å². The quantitative estimate of drug-likeness (QED) is 0.678. The summed E-state index contributed by atoms with van der Waals surface area (Å²) in [5.74, 6) is -2.49. The first-order chi connectivity index (χ1) is 9.56. The third-order valence-corrected chi connectivity index (χ3v) is 5.02. The molecule has 1 aliphatic rings. The molecule has 4 heteroatoms. The average molecular weight is 341 g/mol. The summed E-state index contributed by atoms with van der Waals surface area (Å²) < 4.78 is 40.6. The minimum atomic E-state index is -0.891. The van der Waals surface area contributed by atoms with E-state index in [1.54, 1.807) is 0 Å². The first kappa shape index (κ1) is 13.7. The summed E-state index contributed by atoms with van der Waals surface area (Å²) in [6, 6.07) is 9.45. The molecule has 0 saturated heterocycles. The average Bonchev–Trinajstić information content (AvgIpc) is 2.81. The fourth-order valence-electron chi connectivity index (χ4n) is 2.85. The van der Waals surface area contributed by atoms with Crippen LogP contribution in [0, 0.1) is 23.4 Å². The first-order valence-corrected chi connectivity index (χ1v) is 7.33. The van der Waals surface area contributed by atoms with Crippen LogP contribution in [0.15, 0.2) is 36.4 Å². The van der Waals surface area contributed by atoms with Gasteiger partial charge in [0.25, 0.3) is 0 Å². The van der Waals surface area contributed by atoms with E-state index < -0.39 is 22.3 Å². The number of hydrogen-bond acceptors (Lipinski definition) is 0. The van der Waals surface area contributed by atoms with E-state index in [0.717, 1.165) is 25.0 Å². The van der Waals surface area contributed by atoms with E-state index in [1.807, 2.05) is 24.3 Å². The Bertz CT molecular complexity index is 606. The molecule has 0 nitrogen and oxygen atoms in total. The van der Waals surface area contributed by atoms with E-state index in [4.69, 9.17) is 0 Å². The molecule has 0 N–H and O–H groups in total. The van der Waals surface area contributed by atoms with Crippen molar-refractivity contribution < 1.29 is 13.2 Å².